The van der Waals surface area contributed by atoms with Crippen LogP contribution in [-0.4, -0.2) is 9.91 Å². The van der Waals surface area contributed by atoms with E-state index in [1.54, 1.807) is 12.1 Å². The van der Waals surface area contributed by atoms with Gasteiger partial charge in [0.15, 0.2) is 0 Å². The lowest BCUT2D eigenvalue weighted by Crippen LogP contribution is -1.94. The molecule has 0 spiro atoms. The van der Waals surface area contributed by atoms with E-state index in [0.29, 0.717) is 6.54 Å². The van der Waals surface area contributed by atoms with Crippen LogP contribution in [0.25, 0.3) is 11.3 Å². The molecule has 0 amide bonds. The predicted molar refractivity (Wildman–Crippen MR) is 62.1 cm³/mol. The van der Waals surface area contributed by atoms with Gasteiger partial charge in [0.25, 0.3) is 5.69 Å². The number of nitro benzene ring substituents is 1. The molecule has 1 aromatic heterocycles. The van der Waals surface area contributed by atoms with Crippen LogP contribution in [0.1, 0.15) is 5.01 Å². The molecule has 16 heavy (non-hydrogen) atoms. The van der Waals surface area contributed by atoms with Crippen molar-refractivity contribution in [2.45, 2.75) is 6.54 Å². The van der Waals surface area contributed by atoms with Gasteiger partial charge in [-0.1, -0.05) is 12.1 Å². The minimum atomic E-state index is -0.417. The average Bonchev–Trinajstić information content (AvgIpc) is 2.77. The van der Waals surface area contributed by atoms with Gasteiger partial charge in [0, 0.05) is 29.6 Å². The van der Waals surface area contributed by atoms with Gasteiger partial charge in [-0.25, -0.2) is 4.98 Å². The van der Waals surface area contributed by atoms with Gasteiger partial charge in [-0.3, -0.25) is 10.1 Å². The van der Waals surface area contributed by atoms with E-state index in [0.717, 1.165) is 16.3 Å². The highest BCUT2D eigenvalue weighted by Gasteiger charge is 2.09. The summed E-state index contributed by atoms with van der Waals surface area (Å²) in [6.45, 7) is 0.388. The van der Waals surface area contributed by atoms with Gasteiger partial charge in [-0.05, 0) is 0 Å². The Morgan fingerprint density at radius 3 is 2.94 bits per heavy atom. The summed E-state index contributed by atoms with van der Waals surface area (Å²) in [7, 11) is 0. The fourth-order valence-electron chi connectivity index (χ4n) is 1.32. The number of nitrogens with zero attached hydrogens (tertiary/aromatic N) is 2. The van der Waals surface area contributed by atoms with Crippen LogP contribution in [0.5, 0.6) is 0 Å². The first-order chi connectivity index (χ1) is 7.70. The van der Waals surface area contributed by atoms with Crippen LogP contribution >= 0.6 is 11.3 Å². The molecule has 0 aliphatic carbocycles. The average molecular weight is 235 g/mol. The molecule has 2 rings (SSSR count). The van der Waals surface area contributed by atoms with Gasteiger partial charge in [0.05, 0.1) is 10.6 Å². The summed E-state index contributed by atoms with van der Waals surface area (Å²) in [6, 6.07) is 6.41. The van der Waals surface area contributed by atoms with E-state index < -0.39 is 4.92 Å². The number of rotatable bonds is 3. The topological polar surface area (TPSA) is 82.0 Å². The monoisotopic (exact) mass is 235 g/mol. The second-order valence-electron chi connectivity index (χ2n) is 3.14. The lowest BCUT2D eigenvalue weighted by atomic mass is 10.1. The van der Waals surface area contributed by atoms with Crippen molar-refractivity contribution in [3.8, 4) is 11.3 Å². The number of aromatic nitrogens is 1. The number of benzene rings is 1. The van der Waals surface area contributed by atoms with Crippen LogP contribution in [0.3, 0.4) is 0 Å². The molecule has 5 nitrogen and oxygen atoms in total. The van der Waals surface area contributed by atoms with Crippen molar-refractivity contribution in [1.29, 1.82) is 0 Å². The molecular weight excluding hydrogens is 226 g/mol. The Morgan fingerprint density at radius 2 is 2.31 bits per heavy atom. The Morgan fingerprint density at radius 1 is 1.50 bits per heavy atom. The number of hydrogen-bond donors (Lipinski definition) is 1. The molecule has 2 N–H and O–H groups in total. The van der Waals surface area contributed by atoms with E-state index in [4.69, 9.17) is 5.73 Å². The first kappa shape index (κ1) is 10.7. The lowest BCUT2D eigenvalue weighted by molar-refractivity contribution is -0.384. The van der Waals surface area contributed by atoms with Gasteiger partial charge in [-0.2, -0.15) is 0 Å². The molecule has 1 aromatic carbocycles. The smallest absolute Gasteiger partial charge is 0.270 e. The summed E-state index contributed by atoms with van der Waals surface area (Å²) in [5.74, 6) is 0. The van der Waals surface area contributed by atoms with Crippen LogP contribution in [-0.2, 0) is 6.54 Å². The van der Waals surface area contributed by atoms with Crippen LogP contribution < -0.4 is 5.73 Å². The Bertz CT molecular complexity index is 524. The highest BCUT2D eigenvalue weighted by Crippen LogP contribution is 2.24. The standard InChI is InChI=1S/C10H9N3O2S/c11-5-10-12-9(6-16-10)7-2-1-3-8(4-7)13(14)15/h1-4,6H,5,11H2. The first-order valence-electron chi connectivity index (χ1n) is 4.60. The molecule has 0 aliphatic rings. The Labute approximate surface area is 95.7 Å². The maximum atomic E-state index is 10.6. The summed E-state index contributed by atoms with van der Waals surface area (Å²) in [6.07, 6.45) is 0. The third-order valence-corrected chi connectivity index (χ3v) is 2.95. The fourth-order valence-corrected chi connectivity index (χ4v) is 2.00. The number of hydrogen-bond acceptors (Lipinski definition) is 5. The Kier molecular flexibility index (Phi) is 2.93. The molecule has 0 saturated heterocycles. The molecule has 2 aromatic rings. The van der Waals surface area contributed by atoms with Crippen molar-refractivity contribution in [2.75, 3.05) is 0 Å². The second-order valence-corrected chi connectivity index (χ2v) is 4.08. The highest BCUT2D eigenvalue weighted by atomic mass is 32.1. The van der Waals surface area contributed by atoms with Crippen LogP contribution in [0.2, 0.25) is 0 Å². The van der Waals surface area contributed by atoms with E-state index in [1.807, 2.05) is 5.38 Å². The van der Waals surface area contributed by atoms with Gasteiger partial charge < -0.3 is 5.73 Å². The number of nitrogens with two attached hydrogens (primary N) is 1. The Balaban J connectivity index is 2.40. The molecule has 0 radical (unpaired) electrons. The quantitative estimate of drug-likeness (QED) is 0.653. The van der Waals surface area contributed by atoms with Crippen molar-refractivity contribution in [1.82, 2.24) is 4.98 Å². The summed E-state index contributed by atoms with van der Waals surface area (Å²) in [4.78, 5) is 14.5. The van der Waals surface area contributed by atoms with E-state index in [1.165, 1.54) is 23.5 Å². The van der Waals surface area contributed by atoms with Crippen LogP contribution in [0.15, 0.2) is 29.6 Å². The van der Waals surface area contributed by atoms with Crippen molar-refractivity contribution in [3.63, 3.8) is 0 Å². The van der Waals surface area contributed by atoms with Gasteiger partial charge in [0.1, 0.15) is 5.01 Å². The van der Waals surface area contributed by atoms with Crippen molar-refractivity contribution in [3.05, 3.63) is 44.8 Å². The third-order valence-electron chi connectivity index (χ3n) is 2.08. The Hall–Kier alpha value is -1.79. The van der Waals surface area contributed by atoms with E-state index >= 15 is 0 Å². The van der Waals surface area contributed by atoms with Crippen molar-refractivity contribution >= 4 is 17.0 Å². The van der Waals surface area contributed by atoms with E-state index in [2.05, 4.69) is 4.98 Å². The second kappa shape index (κ2) is 4.38. The zero-order valence-electron chi connectivity index (χ0n) is 8.29. The van der Waals surface area contributed by atoms with Crippen LogP contribution in [0, 0.1) is 10.1 Å². The van der Waals surface area contributed by atoms with Crippen molar-refractivity contribution < 1.29 is 4.92 Å². The zero-order valence-corrected chi connectivity index (χ0v) is 9.11. The summed E-state index contributed by atoms with van der Waals surface area (Å²) >= 11 is 1.45. The molecule has 0 unspecified atom stereocenters. The third kappa shape index (κ3) is 2.07. The molecule has 0 aliphatic heterocycles. The SMILES string of the molecule is NCc1nc(-c2cccc([N+](=O)[O-])c2)cs1. The zero-order chi connectivity index (χ0) is 11.5. The van der Waals surface area contributed by atoms with Gasteiger partial charge in [0.2, 0.25) is 0 Å². The molecular formula is C10H9N3O2S. The molecule has 82 valence electrons. The molecule has 0 bridgehead atoms. The van der Waals surface area contributed by atoms with E-state index in [-0.39, 0.29) is 5.69 Å². The summed E-state index contributed by atoms with van der Waals surface area (Å²) in [5.41, 5.74) is 7.00. The van der Waals surface area contributed by atoms with Crippen molar-refractivity contribution in [2.24, 2.45) is 5.73 Å². The van der Waals surface area contributed by atoms with E-state index in [9.17, 15) is 10.1 Å². The molecule has 0 atom stereocenters. The van der Waals surface area contributed by atoms with Crippen LogP contribution in [0.4, 0.5) is 5.69 Å². The number of non-ortho nitro benzene ring substituents is 1. The maximum Gasteiger partial charge on any atom is 0.270 e. The van der Waals surface area contributed by atoms with Gasteiger partial charge >= 0.3 is 0 Å². The molecule has 0 fully saturated rings. The number of nitro groups is 1. The largest absolute Gasteiger partial charge is 0.325 e. The maximum absolute atomic E-state index is 10.6. The fraction of sp³-hybridized carbons (Fsp3) is 0.100. The molecule has 1 heterocycles. The first-order valence-corrected chi connectivity index (χ1v) is 5.48. The predicted octanol–water partition coefficient (Wildman–Crippen LogP) is 2.18. The minimum absolute atomic E-state index is 0.0693. The normalized spacial score (nSPS) is 10.3. The minimum Gasteiger partial charge on any atom is -0.325 e. The highest BCUT2D eigenvalue weighted by molar-refractivity contribution is 7.09. The van der Waals surface area contributed by atoms with Gasteiger partial charge in [-0.15, -0.1) is 11.3 Å². The number of thiazole rings is 1. The summed E-state index contributed by atoms with van der Waals surface area (Å²) < 4.78 is 0. The summed E-state index contributed by atoms with van der Waals surface area (Å²) in [5, 5.41) is 13.3. The lowest BCUT2D eigenvalue weighted by Gasteiger charge is -1.96. The molecule has 6 heteroatoms. The molecule has 0 saturated carbocycles.